The van der Waals surface area contributed by atoms with E-state index in [2.05, 4.69) is 45.6 Å². The second-order valence-corrected chi connectivity index (χ2v) is 9.89. The van der Waals surface area contributed by atoms with E-state index < -0.39 is 0 Å². The number of amides is 1. The number of rotatable bonds is 5. The summed E-state index contributed by atoms with van der Waals surface area (Å²) in [6, 6.07) is 11.8. The van der Waals surface area contributed by atoms with E-state index in [-0.39, 0.29) is 5.91 Å². The summed E-state index contributed by atoms with van der Waals surface area (Å²) in [5.74, 6) is 0.149. The molecule has 0 saturated carbocycles. The lowest BCUT2D eigenvalue weighted by atomic mass is 9.89. The van der Waals surface area contributed by atoms with Crippen LogP contribution in [-0.2, 0) is 26.4 Å². The molecule has 32 heavy (non-hydrogen) atoms. The highest BCUT2D eigenvalue weighted by Gasteiger charge is 2.32. The number of fused-ring (bicyclic) bond motifs is 1. The molecule has 1 aromatic heterocycles. The first-order chi connectivity index (χ1) is 15.7. The highest BCUT2D eigenvalue weighted by atomic mass is 16.2. The predicted molar refractivity (Wildman–Crippen MR) is 127 cm³/mol. The van der Waals surface area contributed by atoms with Gasteiger partial charge in [-0.05, 0) is 70.0 Å². The monoisotopic (exact) mass is 435 g/mol. The second kappa shape index (κ2) is 9.75. The Bertz CT molecular complexity index is 910. The first-order valence-corrected chi connectivity index (χ1v) is 12.5. The van der Waals surface area contributed by atoms with Gasteiger partial charge in [0.1, 0.15) is 0 Å². The van der Waals surface area contributed by atoms with Gasteiger partial charge in [0.05, 0.1) is 0 Å². The van der Waals surface area contributed by atoms with Gasteiger partial charge in [-0.1, -0.05) is 30.3 Å². The number of hydrogen-bond acceptors (Lipinski definition) is 4. The van der Waals surface area contributed by atoms with Crippen LogP contribution in [0.5, 0.6) is 0 Å². The first-order valence-electron chi connectivity index (χ1n) is 12.5. The lowest BCUT2D eigenvalue weighted by molar-refractivity contribution is 0.0716. The second-order valence-electron chi connectivity index (χ2n) is 9.89. The quantitative estimate of drug-likeness (QED) is 0.784. The summed E-state index contributed by atoms with van der Waals surface area (Å²) in [6.07, 6.45) is 8.95. The van der Waals surface area contributed by atoms with Crippen LogP contribution >= 0.6 is 0 Å². The molecule has 1 N–H and O–H groups in total. The van der Waals surface area contributed by atoms with Gasteiger partial charge in [-0.25, -0.2) is 0 Å². The maximum absolute atomic E-state index is 13.2. The fraction of sp³-hybridized carbons (Fsp3) is 0.615. The zero-order valence-electron chi connectivity index (χ0n) is 19.4. The molecule has 1 aromatic carbocycles. The van der Waals surface area contributed by atoms with Crippen molar-refractivity contribution in [2.24, 2.45) is 7.05 Å². The van der Waals surface area contributed by atoms with E-state index in [9.17, 15) is 4.79 Å². The Hall–Kier alpha value is -2.18. The van der Waals surface area contributed by atoms with Crippen LogP contribution in [0.15, 0.2) is 30.3 Å². The van der Waals surface area contributed by atoms with Crippen molar-refractivity contribution in [1.29, 1.82) is 0 Å². The fourth-order valence-electron chi connectivity index (χ4n) is 5.78. The van der Waals surface area contributed by atoms with Gasteiger partial charge in [0.25, 0.3) is 5.91 Å². The standard InChI is InChI=1S/C26H37N5O/c1-29-24-11-10-22(18-23(24)25(28-29)26(32)31-14-6-3-7-15-31)27-21-12-16-30(17-13-21)19-20-8-4-2-5-9-20/h2,4-5,8-9,21-22,27H,3,6-7,10-19H2,1H3/t22-/m0/s1. The van der Waals surface area contributed by atoms with Crippen LogP contribution < -0.4 is 5.32 Å². The van der Waals surface area contributed by atoms with E-state index in [0.29, 0.717) is 17.8 Å². The molecule has 1 aliphatic carbocycles. The Morgan fingerprint density at radius 3 is 2.50 bits per heavy atom. The number of carbonyl (C=O) groups excluding carboxylic acids is 1. The van der Waals surface area contributed by atoms with E-state index in [1.807, 2.05) is 16.6 Å². The highest BCUT2D eigenvalue weighted by Crippen LogP contribution is 2.27. The molecule has 6 nitrogen and oxygen atoms in total. The minimum atomic E-state index is 0.149. The van der Waals surface area contributed by atoms with E-state index in [0.717, 1.165) is 64.8 Å². The van der Waals surface area contributed by atoms with Crippen LogP contribution in [0.1, 0.15) is 65.8 Å². The fourth-order valence-corrected chi connectivity index (χ4v) is 5.78. The van der Waals surface area contributed by atoms with Gasteiger partial charge in [0.2, 0.25) is 0 Å². The summed E-state index contributed by atoms with van der Waals surface area (Å²) in [4.78, 5) is 17.8. The molecule has 0 bridgehead atoms. The van der Waals surface area contributed by atoms with Crippen molar-refractivity contribution in [2.45, 2.75) is 70.0 Å². The van der Waals surface area contributed by atoms with Crippen LogP contribution in [0.25, 0.3) is 0 Å². The largest absolute Gasteiger partial charge is 0.337 e. The number of nitrogens with zero attached hydrogens (tertiary/aromatic N) is 4. The lowest BCUT2D eigenvalue weighted by Crippen LogP contribution is -2.47. The minimum Gasteiger partial charge on any atom is -0.337 e. The van der Waals surface area contributed by atoms with E-state index in [1.54, 1.807) is 0 Å². The summed E-state index contributed by atoms with van der Waals surface area (Å²) in [6.45, 7) is 5.12. The Morgan fingerprint density at radius 2 is 1.75 bits per heavy atom. The van der Waals surface area contributed by atoms with Crippen molar-refractivity contribution < 1.29 is 4.79 Å². The summed E-state index contributed by atoms with van der Waals surface area (Å²) in [5, 5.41) is 8.64. The summed E-state index contributed by atoms with van der Waals surface area (Å²) < 4.78 is 1.96. The van der Waals surface area contributed by atoms with Gasteiger partial charge in [0, 0.05) is 50.0 Å². The minimum absolute atomic E-state index is 0.149. The van der Waals surface area contributed by atoms with Crippen molar-refractivity contribution >= 4 is 5.91 Å². The van der Waals surface area contributed by atoms with Gasteiger partial charge < -0.3 is 10.2 Å². The number of aromatic nitrogens is 2. The molecule has 0 radical (unpaired) electrons. The maximum Gasteiger partial charge on any atom is 0.274 e. The Kier molecular flexibility index (Phi) is 6.60. The number of nitrogens with one attached hydrogen (secondary N) is 1. The smallest absolute Gasteiger partial charge is 0.274 e. The molecule has 2 fully saturated rings. The van der Waals surface area contributed by atoms with Gasteiger partial charge >= 0.3 is 0 Å². The maximum atomic E-state index is 13.2. The molecule has 0 unspecified atom stereocenters. The zero-order valence-corrected chi connectivity index (χ0v) is 19.4. The van der Waals surface area contributed by atoms with Gasteiger partial charge in [-0.2, -0.15) is 5.10 Å². The zero-order chi connectivity index (χ0) is 21.9. The predicted octanol–water partition coefficient (Wildman–Crippen LogP) is 3.16. The van der Waals surface area contributed by atoms with Crippen molar-refractivity contribution in [3.63, 3.8) is 0 Å². The number of aryl methyl sites for hydroxylation is 1. The summed E-state index contributed by atoms with van der Waals surface area (Å²) in [5.41, 5.74) is 4.59. The van der Waals surface area contributed by atoms with Crippen LogP contribution in [-0.4, -0.2) is 63.8 Å². The van der Waals surface area contributed by atoms with Crippen molar-refractivity contribution in [3.05, 3.63) is 52.8 Å². The first kappa shape index (κ1) is 21.7. The van der Waals surface area contributed by atoms with Crippen molar-refractivity contribution in [1.82, 2.24) is 24.9 Å². The number of hydrogen-bond donors (Lipinski definition) is 1. The summed E-state index contributed by atoms with van der Waals surface area (Å²) >= 11 is 0. The molecular weight excluding hydrogens is 398 g/mol. The SMILES string of the molecule is Cn1nc(C(=O)N2CCCCC2)c2c1CC[C@H](NC1CCN(Cc3ccccc3)CC1)C2. The Labute approximate surface area is 192 Å². The van der Waals surface area contributed by atoms with Crippen LogP contribution in [0.2, 0.25) is 0 Å². The van der Waals surface area contributed by atoms with E-state index >= 15 is 0 Å². The molecule has 3 heterocycles. The Balaban J connectivity index is 1.17. The third-order valence-corrected chi connectivity index (χ3v) is 7.61. The van der Waals surface area contributed by atoms with E-state index in [1.165, 1.54) is 36.1 Å². The third kappa shape index (κ3) is 4.76. The molecule has 172 valence electrons. The normalized spacial score (nSPS) is 22.7. The number of carbonyl (C=O) groups is 1. The van der Waals surface area contributed by atoms with Crippen LogP contribution in [0.3, 0.4) is 0 Å². The highest BCUT2D eigenvalue weighted by molar-refractivity contribution is 5.94. The molecule has 3 aliphatic rings. The molecule has 2 aliphatic heterocycles. The number of piperidine rings is 2. The number of benzene rings is 1. The Morgan fingerprint density at radius 1 is 1.00 bits per heavy atom. The van der Waals surface area contributed by atoms with Crippen LogP contribution in [0, 0.1) is 0 Å². The van der Waals surface area contributed by atoms with Crippen molar-refractivity contribution in [3.8, 4) is 0 Å². The average Bonchev–Trinajstić information content (AvgIpc) is 3.17. The third-order valence-electron chi connectivity index (χ3n) is 7.61. The molecule has 2 aromatic rings. The molecule has 2 saturated heterocycles. The van der Waals surface area contributed by atoms with E-state index in [4.69, 9.17) is 0 Å². The number of likely N-dealkylation sites (tertiary alicyclic amines) is 2. The van der Waals surface area contributed by atoms with Crippen LogP contribution in [0.4, 0.5) is 0 Å². The van der Waals surface area contributed by atoms with Crippen molar-refractivity contribution in [2.75, 3.05) is 26.2 Å². The van der Waals surface area contributed by atoms with Gasteiger partial charge in [-0.15, -0.1) is 0 Å². The van der Waals surface area contributed by atoms with Gasteiger partial charge in [-0.3, -0.25) is 14.4 Å². The molecular formula is C26H37N5O. The molecule has 5 rings (SSSR count). The van der Waals surface area contributed by atoms with Gasteiger partial charge in [0.15, 0.2) is 5.69 Å². The molecule has 6 heteroatoms. The summed E-state index contributed by atoms with van der Waals surface area (Å²) in [7, 11) is 2.00. The topological polar surface area (TPSA) is 53.4 Å². The average molecular weight is 436 g/mol. The lowest BCUT2D eigenvalue weighted by Gasteiger charge is -2.35. The molecule has 1 amide bonds. The molecule has 0 spiro atoms. The molecule has 1 atom stereocenters.